The zero-order valence-corrected chi connectivity index (χ0v) is 19.9. The molecule has 3 aromatic heterocycles. The predicted molar refractivity (Wildman–Crippen MR) is 135 cm³/mol. The first-order chi connectivity index (χ1) is 16.8. The molecule has 0 saturated heterocycles. The molecule has 3 heterocycles. The summed E-state index contributed by atoms with van der Waals surface area (Å²) < 4.78 is 11.0. The van der Waals surface area contributed by atoms with Crippen LogP contribution in [0.5, 0.6) is 0 Å². The average molecular weight is 489 g/mol. The number of halogens is 1. The van der Waals surface area contributed by atoms with Gasteiger partial charge in [0.1, 0.15) is 22.2 Å². The fourth-order valence-electron chi connectivity index (χ4n) is 4.13. The fraction of sp³-hybridized carbons (Fsp3) is 0.154. The first-order valence-electron chi connectivity index (χ1n) is 10.9. The lowest BCUT2D eigenvalue weighted by molar-refractivity contribution is 0.388. The number of H-pyrrole nitrogens is 1. The van der Waals surface area contributed by atoms with Crippen molar-refractivity contribution in [2.45, 2.75) is 26.8 Å². The van der Waals surface area contributed by atoms with Crippen LogP contribution < -0.4 is 16.5 Å². The van der Waals surface area contributed by atoms with E-state index in [0.29, 0.717) is 33.7 Å². The highest BCUT2D eigenvalue weighted by Crippen LogP contribution is 2.34. The van der Waals surface area contributed by atoms with Crippen LogP contribution in [0.25, 0.3) is 33.8 Å². The highest BCUT2D eigenvalue weighted by Gasteiger charge is 2.21. The number of aromatic amines is 1. The standard InChI is InChI=1S/C26H21ClN4O4/c1-13-11-17(15(3)28-19-9-10-20(27)29-21(19)25-30-26(33)35-31-25)24-18(12-13)22(32)14(2)23(34-24)16-7-5-4-6-8-16/h4-12,15,28H,1-3H3,(H,30,31,33). The molecule has 0 aliphatic carbocycles. The van der Waals surface area contributed by atoms with Gasteiger partial charge in [-0.05, 0) is 44.5 Å². The van der Waals surface area contributed by atoms with Crippen LogP contribution in [0, 0.1) is 13.8 Å². The Kier molecular flexibility index (Phi) is 5.74. The number of hydrogen-bond donors (Lipinski definition) is 2. The van der Waals surface area contributed by atoms with Crippen molar-refractivity contribution in [1.82, 2.24) is 15.1 Å². The van der Waals surface area contributed by atoms with Crippen LogP contribution >= 0.6 is 11.6 Å². The number of pyridine rings is 1. The van der Waals surface area contributed by atoms with Crippen molar-refractivity contribution in [2.75, 3.05) is 5.32 Å². The highest BCUT2D eigenvalue weighted by molar-refractivity contribution is 6.29. The van der Waals surface area contributed by atoms with Gasteiger partial charge in [0.15, 0.2) is 5.43 Å². The number of fused-ring (bicyclic) bond motifs is 1. The van der Waals surface area contributed by atoms with E-state index in [4.69, 9.17) is 16.0 Å². The summed E-state index contributed by atoms with van der Waals surface area (Å²) in [5, 5.41) is 7.87. The summed E-state index contributed by atoms with van der Waals surface area (Å²) in [7, 11) is 0. The van der Waals surface area contributed by atoms with Crippen LogP contribution in [-0.2, 0) is 0 Å². The molecule has 0 aliphatic rings. The highest BCUT2D eigenvalue weighted by atomic mass is 35.5. The molecule has 5 aromatic rings. The van der Waals surface area contributed by atoms with Crippen LogP contribution in [-0.4, -0.2) is 15.1 Å². The lowest BCUT2D eigenvalue weighted by Crippen LogP contribution is -2.13. The number of benzene rings is 2. The number of nitrogens with one attached hydrogen (secondary N) is 2. The molecular weight excluding hydrogens is 468 g/mol. The molecule has 1 atom stereocenters. The SMILES string of the molecule is Cc1cc(C(C)Nc2ccc(Cl)nc2-c2noc(=O)[nH]2)c2oc(-c3ccccc3)c(C)c(=O)c2c1. The van der Waals surface area contributed by atoms with Gasteiger partial charge in [-0.2, -0.15) is 0 Å². The van der Waals surface area contributed by atoms with Crippen molar-refractivity contribution in [3.63, 3.8) is 0 Å². The maximum Gasteiger partial charge on any atom is 0.439 e. The van der Waals surface area contributed by atoms with Gasteiger partial charge < -0.3 is 9.73 Å². The van der Waals surface area contributed by atoms with Gasteiger partial charge >= 0.3 is 5.76 Å². The van der Waals surface area contributed by atoms with E-state index in [1.54, 1.807) is 19.1 Å². The van der Waals surface area contributed by atoms with Crippen molar-refractivity contribution in [2.24, 2.45) is 0 Å². The largest absolute Gasteiger partial charge is 0.455 e. The quantitative estimate of drug-likeness (QED) is 0.307. The molecule has 0 aliphatic heterocycles. The molecule has 5 rings (SSSR count). The third-order valence-corrected chi connectivity index (χ3v) is 6.00. The van der Waals surface area contributed by atoms with E-state index in [2.05, 4.69) is 25.0 Å². The van der Waals surface area contributed by atoms with E-state index in [1.807, 2.05) is 56.3 Å². The Bertz CT molecular complexity index is 1670. The van der Waals surface area contributed by atoms with E-state index < -0.39 is 5.76 Å². The Morgan fingerprint density at radius 3 is 2.54 bits per heavy atom. The lowest BCUT2D eigenvalue weighted by atomic mass is 9.98. The predicted octanol–water partition coefficient (Wildman–Crippen LogP) is 5.64. The number of hydrogen-bond acceptors (Lipinski definition) is 7. The summed E-state index contributed by atoms with van der Waals surface area (Å²) in [5.41, 5.74) is 4.43. The van der Waals surface area contributed by atoms with E-state index >= 15 is 0 Å². The van der Waals surface area contributed by atoms with Crippen molar-refractivity contribution >= 4 is 28.3 Å². The zero-order valence-electron chi connectivity index (χ0n) is 19.2. The number of rotatable bonds is 5. The summed E-state index contributed by atoms with van der Waals surface area (Å²) in [4.78, 5) is 31.6. The molecule has 0 fully saturated rings. The average Bonchev–Trinajstić information content (AvgIpc) is 3.29. The Morgan fingerprint density at radius 1 is 1.06 bits per heavy atom. The van der Waals surface area contributed by atoms with Gasteiger partial charge in [-0.1, -0.05) is 53.2 Å². The van der Waals surface area contributed by atoms with Gasteiger partial charge in [0, 0.05) is 16.7 Å². The second kappa shape index (κ2) is 8.88. The van der Waals surface area contributed by atoms with Crippen molar-refractivity contribution in [1.29, 1.82) is 0 Å². The van der Waals surface area contributed by atoms with Gasteiger partial charge in [0.2, 0.25) is 5.82 Å². The third kappa shape index (κ3) is 4.24. The Labute approximate surface area is 204 Å². The maximum absolute atomic E-state index is 13.3. The molecule has 1 unspecified atom stereocenters. The third-order valence-electron chi connectivity index (χ3n) is 5.79. The lowest BCUT2D eigenvalue weighted by Gasteiger charge is -2.20. The summed E-state index contributed by atoms with van der Waals surface area (Å²) in [6, 6.07) is 16.4. The molecule has 0 spiro atoms. The minimum absolute atomic E-state index is 0.0729. The summed E-state index contributed by atoms with van der Waals surface area (Å²) in [6.45, 7) is 5.66. The van der Waals surface area contributed by atoms with Gasteiger partial charge in [0.25, 0.3) is 0 Å². The molecule has 8 nitrogen and oxygen atoms in total. The van der Waals surface area contributed by atoms with Gasteiger partial charge in [-0.25, -0.2) is 9.78 Å². The summed E-state index contributed by atoms with van der Waals surface area (Å²) in [5.74, 6) is -0.0136. The Morgan fingerprint density at radius 2 is 1.83 bits per heavy atom. The molecular formula is C26H21ClN4O4. The summed E-state index contributed by atoms with van der Waals surface area (Å²) in [6.07, 6.45) is 0. The van der Waals surface area contributed by atoms with E-state index in [1.165, 1.54) is 0 Å². The fourth-order valence-corrected chi connectivity index (χ4v) is 4.28. The van der Waals surface area contributed by atoms with E-state index in [-0.39, 0.29) is 22.4 Å². The second-order valence-corrected chi connectivity index (χ2v) is 8.71. The van der Waals surface area contributed by atoms with Crippen LogP contribution in [0.2, 0.25) is 5.15 Å². The van der Waals surface area contributed by atoms with Gasteiger partial charge in [-0.15, -0.1) is 0 Å². The topological polar surface area (TPSA) is 114 Å². The number of anilines is 1. The molecule has 0 bridgehead atoms. The second-order valence-electron chi connectivity index (χ2n) is 8.32. The smallest absolute Gasteiger partial charge is 0.439 e. The monoisotopic (exact) mass is 488 g/mol. The first kappa shape index (κ1) is 22.6. The zero-order chi connectivity index (χ0) is 24.7. The van der Waals surface area contributed by atoms with Crippen LogP contribution in [0.4, 0.5) is 5.69 Å². The van der Waals surface area contributed by atoms with Crippen molar-refractivity contribution in [3.05, 3.63) is 97.2 Å². The minimum atomic E-state index is -0.698. The Hall–Kier alpha value is -4.17. The van der Waals surface area contributed by atoms with E-state index in [9.17, 15) is 9.59 Å². The maximum atomic E-state index is 13.3. The molecule has 2 N–H and O–H groups in total. The minimum Gasteiger partial charge on any atom is -0.455 e. The number of aromatic nitrogens is 3. The normalized spacial score (nSPS) is 12.1. The van der Waals surface area contributed by atoms with E-state index in [0.717, 1.165) is 16.7 Å². The first-order valence-corrected chi connectivity index (χ1v) is 11.3. The van der Waals surface area contributed by atoms with Gasteiger partial charge in [0.05, 0.1) is 17.1 Å². The van der Waals surface area contributed by atoms with Crippen molar-refractivity contribution in [3.8, 4) is 22.8 Å². The number of aryl methyl sites for hydroxylation is 1. The number of nitrogens with zero attached hydrogens (tertiary/aromatic N) is 2. The summed E-state index contributed by atoms with van der Waals surface area (Å²) >= 11 is 6.09. The molecule has 176 valence electrons. The van der Waals surface area contributed by atoms with Gasteiger partial charge in [-0.3, -0.25) is 14.3 Å². The molecule has 9 heteroatoms. The molecule has 35 heavy (non-hydrogen) atoms. The molecule has 2 aromatic carbocycles. The van der Waals surface area contributed by atoms with Crippen LogP contribution in [0.1, 0.15) is 29.7 Å². The molecule has 0 radical (unpaired) electrons. The Balaban J connectivity index is 1.65. The van der Waals surface area contributed by atoms with Crippen LogP contribution in [0.3, 0.4) is 0 Å². The van der Waals surface area contributed by atoms with Crippen LogP contribution in [0.15, 0.2) is 73.1 Å². The van der Waals surface area contributed by atoms with Crippen molar-refractivity contribution < 1.29 is 8.94 Å². The molecule has 0 amide bonds. The molecule has 0 saturated carbocycles.